The Morgan fingerprint density at radius 3 is 2.44 bits per heavy atom. The Balaban J connectivity index is 1.77. The van der Waals surface area contributed by atoms with E-state index in [0.717, 1.165) is 22.7 Å². The summed E-state index contributed by atoms with van der Waals surface area (Å²) in [4.78, 5) is 11.2. The first-order valence-electron chi connectivity index (χ1n) is 9.44. The molecule has 0 spiro atoms. The quantitative estimate of drug-likeness (QED) is 0.484. The van der Waals surface area contributed by atoms with Crippen LogP contribution in [0.25, 0.3) is 5.52 Å². The number of nitrogens with one attached hydrogen (secondary N) is 1. The van der Waals surface area contributed by atoms with E-state index in [1.807, 2.05) is 0 Å². The lowest BCUT2D eigenvalue weighted by molar-refractivity contribution is -0.286. The number of hydrogen-bond donors (Lipinski definition) is 2. The zero-order valence-electron chi connectivity index (χ0n) is 17.0. The number of carboxylic acid groups (broad SMARTS) is 1. The highest BCUT2D eigenvalue weighted by atomic mass is 32.2. The lowest BCUT2D eigenvalue weighted by atomic mass is 10.1. The number of rotatable bonds is 6. The summed E-state index contributed by atoms with van der Waals surface area (Å²) in [5, 5.41) is 15.9. The van der Waals surface area contributed by atoms with Crippen molar-refractivity contribution in [3.05, 3.63) is 47.2 Å². The first kappa shape index (κ1) is 23.5. The molecular weight excluding hydrogens is 493 g/mol. The average Bonchev–Trinajstić information content (AvgIpc) is 3.25. The van der Waals surface area contributed by atoms with E-state index >= 15 is 0 Å². The molecule has 0 radical (unpaired) electrons. The van der Waals surface area contributed by atoms with Crippen molar-refractivity contribution in [1.29, 1.82) is 0 Å². The molecule has 3 heterocycles. The maximum absolute atomic E-state index is 13.3. The van der Waals surface area contributed by atoms with E-state index in [4.69, 9.17) is 0 Å². The number of nitrogens with zero attached hydrogens (tertiary/aromatic N) is 2. The van der Waals surface area contributed by atoms with E-state index in [9.17, 15) is 40.3 Å². The molecule has 0 atom stereocenters. The molecule has 15 heteroatoms. The van der Waals surface area contributed by atoms with Gasteiger partial charge >= 0.3 is 18.4 Å². The SMILES string of the molecule is CCS(=O)(=O)c1c(NCc2cc3c(cc2C(=O)O)OC(F)(F)O3)nn2cc(C(F)(F)F)ccc12. The fourth-order valence-electron chi connectivity index (χ4n) is 3.32. The summed E-state index contributed by atoms with van der Waals surface area (Å²) >= 11 is 0. The molecule has 0 fully saturated rings. The summed E-state index contributed by atoms with van der Waals surface area (Å²) in [7, 11) is -4.00. The Hall–Kier alpha value is -3.62. The zero-order chi connectivity index (χ0) is 25.1. The monoisotopic (exact) mass is 507 g/mol. The van der Waals surface area contributed by atoms with Gasteiger partial charge in [0.05, 0.1) is 22.4 Å². The number of fused-ring (bicyclic) bond motifs is 2. The van der Waals surface area contributed by atoms with Crippen molar-refractivity contribution in [2.45, 2.75) is 30.8 Å². The van der Waals surface area contributed by atoms with Crippen molar-refractivity contribution in [3.63, 3.8) is 0 Å². The first-order chi connectivity index (χ1) is 15.7. The molecule has 1 aliphatic heterocycles. The number of benzene rings is 1. The number of aromatic nitrogens is 2. The highest BCUT2D eigenvalue weighted by Gasteiger charge is 2.44. The van der Waals surface area contributed by atoms with E-state index in [1.54, 1.807) is 0 Å². The minimum Gasteiger partial charge on any atom is -0.478 e. The molecule has 2 N–H and O–H groups in total. The predicted molar refractivity (Wildman–Crippen MR) is 105 cm³/mol. The van der Waals surface area contributed by atoms with Gasteiger partial charge in [-0.25, -0.2) is 17.7 Å². The van der Waals surface area contributed by atoms with Gasteiger partial charge in [0.1, 0.15) is 4.90 Å². The first-order valence-corrected chi connectivity index (χ1v) is 11.1. The topological polar surface area (TPSA) is 119 Å². The van der Waals surface area contributed by atoms with Gasteiger partial charge in [0.25, 0.3) is 0 Å². The van der Waals surface area contributed by atoms with Crippen LogP contribution in [0, 0.1) is 0 Å². The van der Waals surface area contributed by atoms with Crippen LogP contribution in [0.4, 0.5) is 27.8 Å². The maximum Gasteiger partial charge on any atom is 0.586 e. The van der Waals surface area contributed by atoms with Crippen LogP contribution in [-0.2, 0) is 22.6 Å². The summed E-state index contributed by atoms with van der Waals surface area (Å²) in [6.07, 6.45) is -8.09. The predicted octanol–water partition coefficient (Wildman–Crippen LogP) is 3.78. The van der Waals surface area contributed by atoms with Gasteiger partial charge in [-0.1, -0.05) is 6.92 Å². The molecule has 0 saturated heterocycles. The number of alkyl halides is 5. The van der Waals surface area contributed by atoms with Crippen LogP contribution in [0.2, 0.25) is 0 Å². The number of halogens is 5. The van der Waals surface area contributed by atoms with E-state index in [0.29, 0.717) is 12.3 Å². The Bertz CT molecular complexity index is 1420. The second kappa shape index (κ2) is 7.72. The molecule has 0 unspecified atom stereocenters. The van der Waals surface area contributed by atoms with Gasteiger partial charge in [-0.3, -0.25) is 0 Å². The number of ether oxygens (including phenoxy) is 2. The van der Waals surface area contributed by atoms with Crippen LogP contribution < -0.4 is 14.8 Å². The van der Waals surface area contributed by atoms with Crippen molar-refractivity contribution in [2.75, 3.05) is 11.1 Å². The number of carboxylic acids is 1. The molecule has 3 aromatic rings. The smallest absolute Gasteiger partial charge is 0.478 e. The number of carbonyl (C=O) groups is 1. The van der Waals surface area contributed by atoms with Crippen molar-refractivity contribution in [3.8, 4) is 11.5 Å². The van der Waals surface area contributed by atoms with Crippen LogP contribution in [-0.4, -0.2) is 41.2 Å². The molecule has 4 rings (SSSR count). The van der Waals surface area contributed by atoms with Gasteiger partial charge in [0.15, 0.2) is 27.2 Å². The molecule has 2 aromatic heterocycles. The van der Waals surface area contributed by atoms with Gasteiger partial charge in [-0.2, -0.15) is 13.2 Å². The summed E-state index contributed by atoms with van der Waals surface area (Å²) in [6, 6.07) is 3.45. The summed E-state index contributed by atoms with van der Waals surface area (Å²) in [6.45, 7) is 0.888. The Morgan fingerprint density at radius 2 is 1.85 bits per heavy atom. The van der Waals surface area contributed by atoms with Gasteiger partial charge < -0.3 is 19.9 Å². The number of anilines is 1. The second-order valence-electron chi connectivity index (χ2n) is 7.11. The molecule has 0 amide bonds. The second-order valence-corrected chi connectivity index (χ2v) is 9.32. The average molecular weight is 507 g/mol. The van der Waals surface area contributed by atoms with Gasteiger partial charge in [0.2, 0.25) is 0 Å². The van der Waals surface area contributed by atoms with E-state index in [2.05, 4.69) is 19.9 Å². The van der Waals surface area contributed by atoms with Crippen molar-refractivity contribution >= 4 is 27.1 Å². The molecule has 1 aliphatic rings. The van der Waals surface area contributed by atoms with Gasteiger partial charge in [0, 0.05) is 12.7 Å². The molecule has 182 valence electrons. The van der Waals surface area contributed by atoms with Crippen LogP contribution in [0.1, 0.15) is 28.4 Å². The van der Waals surface area contributed by atoms with E-state index in [-0.39, 0.29) is 16.9 Å². The van der Waals surface area contributed by atoms with Gasteiger partial charge in [-0.15, -0.1) is 13.9 Å². The molecule has 0 bridgehead atoms. The summed E-state index contributed by atoms with van der Waals surface area (Å²) in [5.41, 5.74) is -1.75. The largest absolute Gasteiger partial charge is 0.586 e. The van der Waals surface area contributed by atoms with Crippen molar-refractivity contribution in [1.82, 2.24) is 9.61 Å². The normalized spacial score (nSPS) is 15.0. The Kier molecular flexibility index (Phi) is 5.34. The number of aromatic carboxylic acids is 1. The maximum atomic E-state index is 13.3. The standard InChI is InChI=1S/C19H14F5N3O6S/c1-2-34(30,31)15-12-4-3-10(18(20,21)22)8-27(12)26-16(15)25-7-9-5-13-14(6-11(9)17(28)29)33-19(23,24)32-13/h3-6,8H,2,7H2,1H3,(H,25,26)(H,28,29). The molecule has 1 aromatic carbocycles. The third-order valence-corrected chi connectivity index (χ3v) is 6.69. The lowest BCUT2D eigenvalue weighted by Crippen LogP contribution is -2.25. The summed E-state index contributed by atoms with van der Waals surface area (Å²) < 4.78 is 101. The van der Waals surface area contributed by atoms with Crippen LogP contribution in [0.3, 0.4) is 0 Å². The highest BCUT2D eigenvalue weighted by molar-refractivity contribution is 7.91. The van der Waals surface area contributed by atoms with E-state index in [1.165, 1.54) is 6.92 Å². The molecular formula is C19H14F5N3O6S. The number of sulfone groups is 1. The molecule has 34 heavy (non-hydrogen) atoms. The van der Waals surface area contributed by atoms with E-state index < -0.39 is 68.1 Å². The fraction of sp³-hybridized carbons (Fsp3) is 0.263. The van der Waals surface area contributed by atoms with Crippen LogP contribution in [0.15, 0.2) is 35.4 Å². The summed E-state index contributed by atoms with van der Waals surface area (Å²) in [5.74, 6) is -3.19. The van der Waals surface area contributed by atoms with Crippen LogP contribution >= 0.6 is 0 Å². The zero-order valence-corrected chi connectivity index (χ0v) is 17.8. The third kappa shape index (κ3) is 4.18. The molecule has 0 saturated carbocycles. The van der Waals surface area contributed by atoms with Crippen molar-refractivity contribution < 1.29 is 49.7 Å². The minimum atomic E-state index is -4.71. The number of pyridine rings is 1. The third-order valence-electron chi connectivity index (χ3n) is 4.91. The number of hydrogen-bond acceptors (Lipinski definition) is 7. The van der Waals surface area contributed by atoms with Crippen molar-refractivity contribution in [2.24, 2.45) is 0 Å². The van der Waals surface area contributed by atoms with Crippen LogP contribution in [0.5, 0.6) is 11.5 Å². The lowest BCUT2D eigenvalue weighted by Gasteiger charge is -2.10. The fourth-order valence-corrected chi connectivity index (χ4v) is 4.50. The Morgan fingerprint density at radius 1 is 1.21 bits per heavy atom. The minimum absolute atomic E-state index is 0.0968. The highest BCUT2D eigenvalue weighted by Crippen LogP contribution is 2.43. The Labute approximate surface area is 187 Å². The van der Waals surface area contributed by atoms with Gasteiger partial charge in [-0.05, 0) is 29.8 Å². The molecule has 0 aliphatic carbocycles. The molecule has 9 nitrogen and oxygen atoms in total.